The summed E-state index contributed by atoms with van der Waals surface area (Å²) < 4.78 is 5.33. The molecular formula is C18H21NO2. The van der Waals surface area contributed by atoms with Crippen molar-refractivity contribution in [2.24, 2.45) is 0 Å². The van der Waals surface area contributed by atoms with E-state index in [4.69, 9.17) is 10.5 Å². The van der Waals surface area contributed by atoms with Gasteiger partial charge in [0, 0.05) is 5.69 Å². The minimum atomic E-state index is -0.299. The zero-order valence-electron chi connectivity index (χ0n) is 12.6. The normalized spacial score (nSPS) is 10.4. The predicted molar refractivity (Wildman–Crippen MR) is 85.4 cm³/mol. The van der Waals surface area contributed by atoms with Crippen molar-refractivity contribution in [3.63, 3.8) is 0 Å². The van der Waals surface area contributed by atoms with Gasteiger partial charge in [-0.3, -0.25) is 0 Å². The Bertz CT molecular complexity index is 621. The van der Waals surface area contributed by atoms with Gasteiger partial charge in [-0.05, 0) is 49.4 Å². The number of rotatable bonds is 5. The molecule has 0 heterocycles. The molecule has 3 heteroatoms. The van der Waals surface area contributed by atoms with Gasteiger partial charge in [-0.15, -0.1) is 0 Å². The van der Waals surface area contributed by atoms with Crippen molar-refractivity contribution in [2.75, 3.05) is 12.3 Å². The summed E-state index contributed by atoms with van der Waals surface area (Å²) in [5.41, 5.74) is 10.2. The first-order valence-electron chi connectivity index (χ1n) is 7.15. The molecule has 21 heavy (non-hydrogen) atoms. The molecule has 110 valence electrons. The van der Waals surface area contributed by atoms with Crippen LogP contribution in [-0.4, -0.2) is 12.6 Å². The first kappa shape index (κ1) is 15.1. The standard InChI is InChI=1S/C18H21NO2/c1-13-11-14(2)17(19)12-16(13)18(20)21-10-6-9-15-7-4-3-5-8-15/h3-5,7-8,11-12H,6,9-10,19H2,1-2H3. The molecule has 0 aromatic heterocycles. The third kappa shape index (κ3) is 4.09. The Morgan fingerprint density at radius 1 is 1.10 bits per heavy atom. The van der Waals surface area contributed by atoms with Crippen LogP contribution in [0.1, 0.15) is 33.5 Å². The Kier molecular flexibility index (Phi) is 4.99. The van der Waals surface area contributed by atoms with Gasteiger partial charge in [0.05, 0.1) is 12.2 Å². The summed E-state index contributed by atoms with van der Waals surface area (Å²) in [6.07, 6.45) is 1.72. The highest BCUT2D eigenvalue weighted by Gasteiger charge is 2.12. The first-order valence-corrected chi connectivity index (χ1v) is 7.15. The SMILES string of the molecule is Cc1cc(C)c(C(=O)OCCCc2ccccc2)cc1N. The maximum atomic E-state index is 12.1. The molecular weight excluding hydrogens is 262 g/mol. The molecule has 0 saturated carbocycles. The minimum Gasteiger partial charge on any atom is -0.462 e. The van der Waals surface area contributed by atoms with Crippen LogP contribution in [0.2, 0.25) is 0 Å². The molecule has 3 nitrogen and oxygen atoms in total. The number of hydrogen-bond donors (Lipinski definition) is 1. The molecule has 0 radical (unpaired) electrons. The van der Waals surface area contributed by atoms with E-state index in [9.17, 15) is 4.79 Å². The summed E-state index contributed by atoms with van der Waals surface area (Å²) in [5, 5.41) is 0. The van der Waals surface area contributed by atoms with Gasteiger partial charge in [-0.1, -0.05) is 36.4 Å². The van der Waals surface area contributed by atoms with Gasteiger partial charge in [0.25, 0.3) is 0 Å². The van der Waals surface area contributed by atoms with Crippen molar-refractivity contribution in [3.05, 3.63) is 64.7 Å². The molecule has 0 fully saturated rings. The van der Waals surface area contributed by atoms with E-state index >= 15 is 0 Å². The Morgan fingerprint density at radius 2 is 1.81 bits per heavy atom. The summed E-state index contributed by atoms with van der Waals surface area (Å²) >= 11 is 0. The van der Waals surface area contributed by atoms with Crippen LogP contribution < -0.4 is 5.73 Å². The molecule has 0 spiro atoms. The highest BCUT2D eigenvalue weighted by Crippen LogP contribution is 2.18. The van der Waals surface area contributed by atoms with E-state index in [-0.39, 0.29) is 5.97 Å². The molecule has 0 bridgehead atoms. The highest BCUT2D eigenvalue weighted by atomic mass is 16.5. The van der Waals surface area contributed by atoms with Crippen molar-refractivity contribution in [3.8, 4) is 0 Å². The smallest absolute Gasteiger partial charge is 0.338 e. The Labute approximate surface area is 125 Å². The molecule has 0 aliphatic heterocycles. The molecule has 0 atom stereocenters. The summed E-state index contributed by atoms with van der Waals surface area (Å²) in [7, 11) is 0. The van der Waals surface area contributed by atoms with Crippen molar-refractivity contribution >= 4 is 11.7 Å². The van der Waals surface area contributed by atoms with E-state index in [1.165, 1.54) is 5.56 Å². The number of hydrogen-bond acceptors (Lipinski definition) is 3. The van der Waals surface area contributed by atoms with E-state index in [0.29, 0.717) is 17.9 Å². The summed E-state index contributed by atoms with van der Waals surface area (Å²) in [5.74, 6) is -0.299. The van der Waals surface area contributed by atoms with E-state index in [2.05, 4.69) is 12.1 Å². The quantitative estimate of drug-likeness (QED) is 0.517. The number of ether oxygens (including phenoxy) is 1. The second-order valence-electron chi connectivity index (χ2n) is 5.25. The second-order valence-corrected chi connectivity index (χ2v) is 5.25. The Morgan fingerprint density at radius 3 is 2.52 bits per heavy atom. The van der Waals surface area contributed by atoms with Gasteiger partial charge < -0.3 is 10.5 Å². The van der Waals surface area contributed by atoms with Crippen LogP contribution >= 0.6 is 0 Å². The minimum absolute atomic E-state index is 0.299. The third-order valence-corrected chi connectivity index (χ3v) is 3.52. The molecule has 0 amide bonds. The van der Waals surface area contributed by atoms with Gasteiger partial charge in [-0.25, -0.2) is 4.79 Å². The number of carbonyl (C=O) groups is 1. The molecule has 2 rings (SSSR count). The summed E-state index contributed by atoms with van der Waals surface area (Å²) in [6.45, 7) is 4.24. The lowest BCUT2D eigenvalue weighted by atomic mass is 10.0. The lowest BCUT2D eigenvalue weighted by molar-refractivity contribution is 0.0500. The monoisotopic (exact) mass is 283 g/mol. The van der Waals surface area contributed by atoms with Crippen LogP contribution in [-0.2, 0) is 11.2 Å². The molecule has 0 unspecified atom stereocenters. The van der Waals surface area contributed by atoms with Crippen molar-refractivity contribution < 1.29 is 9.53 Å². The fourth-order valence-electron chi connectivity index (χ4n) is 2.25. The molecule has 0 saturated heterocycles. The zero-order valence-corrected chi connectivity index (χ0v) is 12.6. The van der Waals surface area contributed by atoms with Crippen LogP contribution in [0.3, 0.4) is 0 Å². The summed E-state index contributed by atoms with van der Waals surface area (Å²) in [6, 6.07) is 13.8. The largest absolute Gasteiger partial charge is 0.462 e. The van der Waals surface area contributed by atoms with Gasteiger partial charge >= 0.3 is 5.97 Å². The van der Waals surface area contributed by atoms with Crippen LogP contribution in [0.4, 0.5) is 5.69 Å². The van der Waals surface area contributed by atoms with Gasteiger partial charge in [-0.2, -0.15) is 0 Å². The van der Waals surface area contributed by atoms with Crippen LogP contribution in [0.15, 0.2) is 42.5 Å². The maximum absolute atomic E-state index is 12.1. The predicted octanol–water partition coefficient (Wildman–Crippen LogP) is 3.68. The van der Waals surface area contributed by atoms with E-state index in [1.54, 1.807) is 6.07 Å². The maximum Gasteiger partial charge on any atom is 0.338 e. The lowest BCUT2D eigenvalue weighted by Crippen LogP contribution is -2.10. The van der Waals surface area contributed by atoms with E-state index in [0.717, 1.165) is 24.0 Å². The number of anilines is 1. The van der Waals surface area contributed by atoms with Crippen LogP contribution in [0, 0.1) is 13.8 Å². The fraction of sp³-hybridized carbons (Fsp3) is 0.278. The molecule has 2 aromatic carbocycles. The van der Waals surface area contributed by atoms with Crippen LogP contribution in [0.5, 0.6) is 0 Å². The van der Waals surface area contributed by atoms with Gasteiger partial charge in [0.1, 0.15) is 0 Å². The average Bonchev–Trinajstić information content (AvgIpc) is 2.48. The lowest BCUT2D eigenvalue weighted by Gasteiger charge is -2.10. The van der Waals surface area contributed by atoms with Gasteiger partial charge in [0.15, 0.2) is 0 Å². The molecule has 0 aliphatic rings. The van der Waals surface area contributed by atoms with E-state index in [1.807, 2.05) is 38.1 Å². The molecule has 2 N–H and O–H groups in total. The second kappa shape index (κ2) is 6.93. The number of esters is 1. The molecule has 0 aliphatic carbocycles. The Hall–Kier alpha value is -2.29. The number of nitrogens with two attached hydrogens (primary N) is 1. The first-order chi connectivity index (χ1) is 10.1. The topological polar surface area (TPSA) is 52.3 Å². The number of nitrogen functional groups attached to an aromatic ring is 1. The number of aryl methyl sites for hydroxylation is 3. The van der Waals surface area contributed by atoms with Crippen molar-refractivity contribution in [1.29, 1.82) is 0 Å². The van der Waals surface area contributed by atoms with Crippen LogP contribution in [0.25, 0.3) is 0 Å². The molecule has 2 aromatic rings. The zero-order chi connectivity index (χ0) is 15.2. The highest BCUT2D eigenvalue weighted by molar-refractivity contribution is 5.92. The van der Waals surface area contributed by atoms with Crippen molar-refractivity contribution in [1.82, 2.24) is 0 Å². The Balaban J connectivity index is 1.86. The van der Waals surface area contributed by atoms with Crippen molar-refractivity contribution in [2.45, 2.75) is 26.7 Å². The fourth-order valence-corrected chi connectivity index (χ4v) is 2.25. The van der Waals surface area contributed by atoms with E-state index < -0.39 is 0 Å². The third-order valence-electron chi connectivity index (χ3n) is 3.52. The van der Waals surface area contributed by atoms with Gasteiger partial charge in [0.2, 0.25) is 0 Å². The number of carbonyl (C=O) groups excluding carboxylic acids is 1. The number of benzene rings is 2. The average molecular weight is 283 g/mol. The summed E-state index contributed by atoms with van der Waals surface area (Å²) in [4.78, 5) is 12.1.